The van der Waals surface area contributed by atoms with E-state index >= 15 is 0 Å². The molecule has 4 rings (SSSR count). The highest BCUT2D eigenvalue weighted by atomic mass is 127. The van der Waals surface area contributed by atoms with Gasteiger partial charge in [-0.15, -0.1) is 0 Å². The normalized spacial score (nSPS) is 13.9. The number of rotatable bonds is 5. The number of nitrogens with one attached hydrogen (secondary N) is 2. The zero-order valence-corrected chi connectivity index (χ0v) is 19.7. The molecule has 10 heteroatoms. The average molecular weight is 558 g/mol. The smallest absolute Gasteiger partial charge is 0.291 e. The summed E-state index contributed by atoms with van der Waals surface area (Å²) in [6.07, 6.45) is 2.01. The van der Waals surface area contributed by atoms with E-state index in [0.717, 1.165) is 9.99 Å². The summed E-state index contributed by atoms with van der Waals surface area (Å²) < 4.78 is 6.93. The van der Waals surface area contributed by atoms with Gasteiger partial charge in [0, 0.05) is 44.5 Å². The summed E-state index contributed by atoms with van der Waals surface area (Å²) in [6, 6.07) is 12.8. The van der Waals surface area contributed by atoms with Crippen molar-refractivity contribution in [2.45, 2.75) is 26.2 Å². The largest absolute Gasteiger partial charge is 0.455 e. The third-order valence-corrected chi connectivity index (χ3v) is 5.96. The Kier molecular flexibility index (Phi) is 6.54. The fourth-order valence-electron chi connectivity index (χ4n) is 3.66. The second-order valence-electron chi connectivity index (χ2n) is 7.48. The predicted molar refractivity (Wildman–Crippen MR) is 131 cm³/mol. The molecular formula is C23H19IN4O5. The number of nitrogens with zero attached hydrogens (tertiary/aromatic N) is 2. The van der Waals surface area contributed by atoms with Crippen molar-refractivity contribution in [2.24, 2.45) is 5.10 Å². The van der Waals surface area contributed by atoms with Crippen LogP contribution < -0.4 is 10.7 Å². The number of aryl methyl sites for hydroxylation is 1. The molecule has 2 N–H and O–H groups in total. The summed E-state index contributed by atoms with van der Waals surface area (Å²) in [6.45, 7) is 1.79. The van der Waals surface area contributed by atoms with Crippen molar-refractivity contribution < 1.29 is 18.9 Å². The molecule has 2 amide bonds. The number of fused-ring (bicyclic) bond motifs is 1. The first-order valence-corrected chi connectivity index (χ1v) is 11.2. The highest BCUT2D eigenvalue weighted by Gasteiger charge is 2.28. The van der Waals surface area contributed by atoms with Crippen LogP contribution in [0, 0.1) is 20.6 Å². The molecule has 0 saturated carbocycles. The van der Waals surface area contributed by atoms with Crippen LogP contribution in [0.25, 0.3) is 0 Å². The Bertz CT molecular complexity index is 1280. The minimum atomic E-state index is -0.562. The highest BCUT2D eigenvalue weighted by molar-refractivity contribution is 14.1. The van der Waals surface area contributed by atoms with Crippen LogP contribution in [0.15, 0.2) is 58.0 Å². The molecule has 0 fully saturated rings. The van der Waals surface area contributed by atoms with Gasteiger partial charge in [-0.2, -0.15) is 5.10 Å². The number of carbonyl (C=O) groups excluding carboxylic acids is 2. The van der Waals surface area contributed by atoms with E-state index in [-0.39, 0.29) is 22.9 Å². The number of hydrazone groups is 1. The van der Waals surface area contributed by atoms with Crippen molar-refractivity contribution in [3.8, 4) is 0 Å². The summed E-state index contributed by atoms with van der Waals surface area (Å²) in [7, 11) is 0. The second-order valence-corrected chi connectivity index (χ2v) is 8.72. The molecule has 1 aliphatic rings. The standard InChI is InChI=1S/C23H19IN4O5/c1-13-20-18(26-27-22(29)14-4-2-5-17(12-14)28(31)32)6-3-7-19(20)33-21(13)23(30)25-16-10-8-15(24)9-11-16/h2,4-5,8-12H,3,6-7H2,1H3,(H,25,30)(H,27,29)/b26-18+. The number of nitro benzene ring substituents is 1. The maximum atomic E-state index is 12.8. The third-order valence-electron chi connectivity index (χ3n) is 5.25. The Hall–Kier alpha value is -3.54. The van der Waals surface area contributed by atoms with Crippen LogP contribution >= 0.6 is 22.6 Å². The molecule has 1 heterocycles. The number of anilines is 1. The van der Waals surface area contributed by atoms with Crippen LogP contribution in [0.2, 0.25) is 0 Å². The molecule has 0 unspecified atom stereocenters. The molecule has 2 aromatic carbocycles. The molecule has 0 aliphatic heterocycles. The van der Waals surface area contributed by atoms with Crippen molar-refractivity contribution in [3.63, 3.8) is 0 Å². The Morgan fingerprint density at radius 2 is 1.88 bits per heavy atom. The number of hydrogen-bond donors (Lipinski definition) is 2. The molecule has 0 bridgehead atoms. The van der Waals surface area contributed by atoms with E-state index in [2.05, 4.69) is 38.4 Å². The first kappa shape index (κ1) is 22.6. The molecule has 9 nitrogen and oxygen atoms in total. The van der Waals surface area contributed by atoms with Gasteiger partial charge < -0.3 is 9.73 Å². The summed E-state index contributed by atoms with van der Waals surface area (Å²) in [4.78, 5) is 35.7. The van der Waals surface area contributed by atoms with E-state index < -0.39 is 10.8 Å². The van der Waals surface area contributed by atoms with E-state index in [1.165, 1.54) is 24.3 Å². The number of benzene rings is 2. The summed E-state index contributed by atoms with van der Waals surface area (Å²) >= 11 is 2.19. The highest BCUT2D eigenvalue weighted by Crippen LogP contribution is 2.30. The number of halogens is 1. The number of hydrogen-bond acceptors (Lipinski definition) is 6. The first-order valence-electron chi connectivity index (χ1n) is 10.1. The molecule has 0 saturated heterocycles. The van der Waals surface area contributed by atoms with Gasteiger partial charge in [-0.3, -0.25) is 19.7 Å². The molecular weight excluding hydrogens is 539 g/mol. The second kappa shape index (κ2) is 9.53. The Balaban J connectivity index is 1.55. The van der Waals surface area contributed by atoms with Crippen molar-refractivity contribution >= 4 is 51.5 Å². The molecule has 0 spiro atoms. The molecule has 3 aromatic rings. The number of amides is 2. The molecule has 33 heavy (non-hydrogen) atoms. The molecule has 0 radical (unpaired) electrons. The average Bonchev–Trinajstić information content (AvgIpc) is 3.16. The number of carbonyl (C=O) groups is 2. The van der Waals surface area contributed by atoms with E-state index in [4.69, 9.17) is 4.42 Å². The monoisotopic (exact) mass is 558 g/mol. The van der Waals surface area contributed by atoms with Gasteiger partial charge >= 0.3 is 0 Å². The third kappa shape index (κ3) is 4.95. The topological polar surface area (TPSA) is 127 Å². The van der Waals surface area contributed by atoms with Crippen molar-refractivity contribution in [2.75, 3.05) is 5.32 Å². The van der Waals surface area contributed by atoms with Gasteiger partial charge in [-0.25, -0.2) is 5.43 Å². The van der Waals surface area contributed by atoms with Gasteiger partial charge in [0.2, 0.25) is 0 Å². The molecule has 0 atom stereocenters. The zero-order valence-electron chi connectivity index (χ0n) is 17.6. The fourth-order valence-corrected chi connectivity index (χ4v) is 4.02. The zero-order chi connectivity index (χ0) is 23.5. The van der Waals surface area contributed by atoms with Crippen LogP contribution in [0.1, 0.15) is 50.6 Å². The summed E-state index contributed by atoms with van der Waals surface area (Å²) in [5, 5.41) is 18.0. The van der Waals surface area contributed by atoms with Gasteiger partial charge in [-0.05, 0) is 72.7 Å². The van der Waals surface area contributed by atoms with Crippen LogP contribution in [0.5, 0.6) is 0 Å². The minimum absolute atomic E-state index is 0.131. The van der Waals surface area contributed by atoms with E-state index in [1.54, 1.807) is 6.92 Å². The minimum Gasteiger partial charge on any atom is -0.455 e. The lowest BCUT2D eigenvalue weighted by atomic mass is 9.93. The van der Waals surface area contributed by atoms with Crippen LogP contribution in [0.4, 0.5) is 11.4 Å². The quantitative estimate of drug-likeness (QED) is 0.264. The fraction of sp³-hybridized carbons (Fsp3) is 0.174. The molecule has 1 aromatic heterocycles. The van der Waals surface area contributed by atoms with Gasteiger partial charge in [0.15, 0.2) is 5.76 Å². The van der Waals surface area contributed by atoms with Crippen molar-refractivity contribution in [3.05, 3.63) is 90.4 Å². The van der Waals surface area contributed by atoms with E-state index in [1.807, 2.05) is 24.3 Å². The van der Waals surface area contributed by atoms with Crippen molar-refractivity contribution in [1.82, 2.24) is 5.43 Å². The Morgan fingerprint density at radius 3 is 2.61 bits per heavy atom. The van der Waals surface area contributed by atoms with Gasteiger partial charge in [0.05, 0.1) is 10.6 Å². The predicted octanol–water partition coefficient (Wildman–Crippen LogP) is 4.82. The van der Waals surface area contributed by atoms with Gasteiger partial charge in [-0.1, -0.05) is 6.07 Å². The van der Waals surface area contributed by atoms with Crippen LogP contribution in [-0.2, 0) is 6.42 Å². The van der Waals surface area contributed by atoms with Crippen LogP contribution in [-0.4, -0.2) is 22.4 Å². The maximum Gasteiger partial charge on any atom is 0.291 e. The number of furan rings is 1. The van der Waals surface area contributed by atoms with Gasteiger partial charge in [0.1, 0.15) is 5.76 Å². The Labute approximate surface area is 202 Å². The van der Waals surface area contributed by atoms with E-state index in [9.17, 15) is 19.7 Å². The number of non-ortho nitro benzene ring substituents is 1. The lowest BCUT2D eigenvalue weighted by Crippen LogP contribution is -2.22. The van der Waals surface area contributed by atoms with Gasteiger partial charge in [0.25, 0.3) is 17.5 Å². The summed E-state index contributed by atoms with van der Waals surface area (Å²) in [5.41, 5.74) is 5.05. The first-order chi connectivity index (χ1) is 15.8. The SMILES string of the molecule is Cc1c(C(=O)Nc2ccc(I)cc2)oc2c1/C(=N/NC(=O)c1cccc([N+](=O)[O-])c1)CCC2. The Morgan fingerprint density at radius 1 is 1.12 bits per heavy atom. The van der Waals surface area contributed by atoms with Crippen molar-refractivity contribution in [1.29, 1.82) is 0 Å². The lowest BCUT2D eigenvalue weighted by Gasteiger charge is -2.13. The molecule has 1 aliphatic carbocycles. The molecule has 168 valence electrons. The van der Waals surface area contributed by atoms with E-state index in [0.29, 0.717) is 41.1 Å². The number of nitro groups is 1. The lowest BCUT2D eigenvalue weighted by molar-refractivity contribution is -0.384. The van der Waals surface area contributed by atoms with Crippen LogP contribution in [0.3, 0.4) is 0 Å². The maximum absolute atomic E-state index is 12.8. The summed E-state index contributed by atoms with van der Waals surface area (Å²) in [5.74, 6) is -0.0627.